The van der Waals surface area contributed by atoms with Crippen LogP contribution in [0.3, 0.4) is 0 Å². The minimum atomic E-state index is -0.411. The lowest BCUT2D eigenvalue weighted by atomic mass is 10.2. The quantitative estimate of drug-likeness (QED) is 0.607. The highest BCUT2D eigenvalue weighted by Gasteiger charge is 2.15. The Balaban J connectivity index is 1.94. The fraction of sp³-hybridized carbons (Fsp3) is 0.250. The van der Waals surface area contributed by atoms with Gasteiger partial charge in [-0.25, -0.2) is 9.78 Å². The fourth-order valence-corrected chi connectivity index (χ4v) is 2.80. The zero-order chi connectivity index (χ0) is 21.0. The Morgan fingerprint density at radius 1 is 1.07 bits per heavy atom. The van der Waals surface area contributed by atoms with Crippen molar-refractivity contribution >= 4 is 17.6 Å². The first-order valence-corrected chi connectivity index (χ1v) is 8.68. The van der Waals surface area contributed by atoms with Crippen molar-refractivity contribution in [2.45, 2.75) is 6.92 Å². The van der Waals surface area contributed by atoms with Crippen molar-refractivity contribution in [2.24, 2.45) is 0 Å². The zero-order valence-electron chi connectivity index (χ0n) is 16.8. The van der Waals surface area contributed by atoms with Crippen molar-refractivity contribution in [1.29, 1.82) is 0 Å². The minimum Gasteiger partial charge on any atom is -0.493 e. The molecular formula is C20H22N4O5. The van der Waals surface area contributed by atoms with Crippen LogP contribution < -0.4 is 19.5 Å². The lowest BCUT2D eigenvalue weighted by Crippen LogP contribution is -2.05. The van der Waals surface area contributed by atoms with Gasteiger partial charge in [-0.1, -0.05) is 0 Å². The van der Waals surface area contributed by atoms with Crippen LogP contribution in [-0.4, -0.2) is 48.9 Å². The molecule has 0 bridgehead atoms. The van der Waals surface area contributed by atoms with Crippen molar-refractivity contribution in [3.8, 4) is 23.1 Å². The number of esters is 1. The van der Waals surface area contributed by atoms with Gasteiger partial charge < -0.3 is 28.8 Å². The molecule has 0 saturated carbocycles. The van der Waals surface area contributed by atoms with Gasteiger partial charge in [0.25, 0.3) is 0 Å². The van der Waals surface area contributed by atoms with Crippen molar-refractivity contribution in [2.75, 3.05) is 33.8 Å². The summed E-state index contributed by atoms with van der Waals surface area (Å²) >= 11 is 0. The molecule has 0 radical (unpaired) electrons. The number of nitrogens with one attached hydrogen (secondary N) is 1. The van der Waals surface area contributed by atoms with E-state index in [2.05, 4.69) is 15.3 Å². The van der Waals surface area contributed by atoms with Gasteiger partial charge in [0.05, 0.1) is 34.0 Å². The average molecular weight is 398 g/mol. The molecule has 9 nitrogen and oxygen atoms in total. The van der Waals surface area contributed by atoms with Gasteiger partial charge in [0.1, 0.15) is 5.82 Å². The Labute approximate surface area is 168 Å². The summed E-state index contributed by atoms with van der Waals surface area (Å²) in [4.78, 5) is 20.6. The highest BCUT2D eigenvalue weighted by Crippen LogP contribution is 2.40. The first-order chi connectivity index (χ1) is 14.0. The second-order valence-electron chi connectivity index (χ2n) is 6.04. The van der Waals surface area contributed by atoms with E-state index in [4.69, 9.17) is 18.9 Å². The Hall–Kier alpha value is -3.75. The number of nitrogens with zero attached hydrogens (tertiary/aromatic N) is 3. The number of hydrogen-bond acceptors (Lipinski definition) is 8. The summed E-state index contributed by atoms with van der Waals surface area (Å²) < 4.78 is 22.6. The summed E-state index contributed by atoms with van der Waals surface area (Å²) in [5.41, 5.74) is 1.94. The molecule has 2 aromatic heterocycles. The molecular weight excluding hydrogens is 376 g/mol. The van der Waals surface area contributed by atoms with Gasteiger partial charge >= 0.3 is 5.97 Å². The predicted octanol–water partition coefficient (Wildman–Crippen LogP) is 3.13. The van der Waals surface area contributed by atoms with Gasteiger partial charge in [-0.15, -0.1) is 0 Å². The number of carbonyl (C=O) groups is 1. The fourth-order valence-electron chi connectivity index (χ4n) is 2.80. The van der Waals surface area contributed by atoms with E-state index in [1.807, 2.05) is 6.92 Å². The predicted molar refractivity (Wildman–Crippen MR) is 107 cm³/mol. The molecule has 0 spiro atoms. The molecule has 152 valence electrons. The Morgan fingerprint density at radius 2 is 1.76 bits per heavy atom. The summed E-state index contributed by atoms with van der Waals surface area (Å²) in [6.45, 7) is 1.89. The molecule has 0 aliphatic heterocycles. The van der Waals surface area contributed by atoms with Gasteiger partial charge in [-0.2, -0.15) is 4.98 Å². The maximum absolute atomic E-state index is 11.7. The Bertz CT molecular complexity index is 1010. The van der Waals surface area contributed by atoms with E-state index in [1.165, 1.54) is 7.11 Å². The maximum atomic E-state index is 11.7. The number of rotatable bonds is 7. The van der Waals surface area contributed by atoms with Crippen molar-refractivity contribution in [3.05, 3.63) is 47.9 Å². The van der Waals surface area contributed by atoms with Gasteiger partial charge in [-0.05, 0) is 13.0 Å². The lowest BCUT2D eigenvalue weighted by molar-refractivity contribution is 0.0601. The molecule has 0 unspecified atom stereocenters. The first-order valence-electron chi connectivity index (χ1n) is 8.68. The van der Waals surface area contributed by atoms with Gasteiger partial charge in [0, 0.05) is 42.0 Å². The van der Waals surface area contributed by atoms with E-state index in [1.54, 1.807) is 62.7 Å². The number of aromatic nitrogens is 3. The van der Waals surface area contributed by atoms with E-state index < -0.39 is 5.97 Å². The summed E-state index contributed by atoms with van der Waals surface area (Å²) in [5.74, 6) is 2.10. The first kappa shape index (κ1) is 20.0. The summed E-state index contributed by atoms with van der Waals surface area (Å²) in [7, 11) is 5.98. The van der Waals surface area contributed by atoms with Crippen LogP contribution in [0, 0.1) is 6.92 Å². The van der Waals surface area contributed by atoms with E-state index in [0.717, 1.165) is 5.56 Å². The standard InChI is InChI=1S/C20H22N4O5/c1-12-10-21-20(23-18(12)24-7-6-13(11-24)19(25)29-5)22-14-8-15(26-2)17(28-4)16(9-14)27-3/h6-11H,1-5H3,(H,21,22,23). The molecule has 1 aromatic carbocycles. The summed E-state index contributed by atoms with van der Waals surface area (Å²) in [6.07, 6.45) is 5.09. The van der Waals surface area contributed by atoms with E-state index in [-0.39, 0.29) is 0 Å². The molecule has 9 heteroatoms. The number of aryl methyl sites for hydroxylation is 1. The van der Waals surface area contributed by atoms with Crippen molar-refractivity contribution < 1.29 is 23.7 Å². The molecule has 0 aliphatic rings. The summed E-state index contributed by atoms with van der Waals surface area (Å²) in [6, 6.07) is 5.18. The second-order valence-corrected chi connectivity index (χ2v) is 6.04. The van der Waals surface area contributed by atoms with Crippen LogP contribution in [0.5, 0.6) is 17.2 Å². The average Bonchev–Trinajstić information content (AvgIpc) is 3.23. The third kappa shape index (κ3) is 4.08. The molecule has 2 heterocycles. The number of hydrogen-bond donors (Lipinski definition) is 1. The second kappa shape index (κ2) is 8.51. The summed E-state index contributed by atoms with van der Waals surface area (Å²) in [5, 5.41) is 3.14. The van der Waals surface area contributed by atoms with E-state index in [9.17, 15) is 4.79 Å². The van der Waals surface area contributed by atoms with Gasteiger partial charge in [0.15, 0.2) is 11.5 Å². The molecule has 0 fully saturated rings. The van der Waals surface area contributed by atoms with Crippen LogP contribution in [0.1, 0.15) is 15.9 Å². The van der Waals surface area contributed by atoms with Gasteiger partial charge in [0.2, 0.25) is 11.7 Å². The minimum absolute atomic E-state index is 0.369. The van der Waals surface area contributed by atoms with Crippen LogP contribution in [0.2, 0.25) is 0 Å². The van der Waals surface area contributed by atoms with Crippen molar-refractivity contribution in [3.63, 3.8) is 0 Å². The lowest BCUT2D eigenvalue weighted by Gasteiger charge is -2.15. The number of ether oxygens (including phenoxy) is 4. The maximum Gasteiger partial charge on any atom is 0.339 e. The smallest absolute Gasteiger partial charge is 0.339 e. The van der Waals surface area contributed by atoms with Crippen LogP contribution in [0.25, 0.3) is 5.82 Å². The molecule has 0 saturated heterocycles. The number of benzene rings is 1. The molecule has 29 heavy (non-hydrogen) atoms. The zero-order valence-corrected chi connectivity index (χ0v) is 16.8. The molecule has 3 aromatic rings. The Morgan fingerprint density at radius 3 is 2.34 bits per heavy atom. The van der Waals surface area contributed by atoms with Crippen molar-refractivity contribution in [1.82, 2.24) is 14.5 Å². The molecule has 0 atom stereocenters. The third-order valence-corrected chi connectivity index (χ3v) is 4.22. The monoisotopic (exact) mass is 398 g/mol. The number of anilines is 2. The highest BCUT2D eigenvalue weighted by atomic mass is 16.5. The molecule has 1 N–H and O–H groups in total. The van der Waals surface area contributed by atoms with E-state index >= 15 is 0 Å². The van der Waals surface area contributed by atoms with Crippen LogP contribution in [-0.2, 0) is 4.74 Å². The Kier molecular flexibility index (Phi) is 5.87. The topological polar surface area (TPSA) is 96.7 Å². The van der Waals surface area contributed by atoms with Gasteiger partial charge in [-0.3, -0.25) is 0 Å². The molecule has 0 aliphatic carbocycles. The third-order valence-electron chi connectivity index (χ3n) is 4.22. The molecule has 3 rings (SSSR count). The number of carbonyl (C=O) groups excluding carboxylic acids is 1. The van der Waals surface area contributed by atoms with Crippen LogP contribution in [0.4, 0.5) is 11.6 Å². The molecule has 0 amide bonds. The van der Waals surface area contributed by atoms with Crippen LogP contribution in [0.15, 0.2) is 36.8 Å². The highest BCUT2D eigenvalue weighted by molar-refractivity contribution is 5.89. The van der Waals surface area contributed by atoms with Crippen LogP contribution >= 0.6 is 0 Å². The van der Waals surface area contributed by atoms with E-state index in [0.29, 0.717) is 40.3 Å². The SMILES string of the molecule is COC(=O)c1ccn(-c2nc(Nc3cc(OC)c(OC)c(OC)c3)ncc2C)c1. The number of methoxy groups -OCH3 is 4. The largest absolute Gasteiger partial charge is 0.493 e. The normalized spacial score (nSPS) is 10.4.